The summed E-state index contributed by atoms with van der Waals surface area (Å²) in [5.41, 5.74) is 2.11. The Morgan fingerprint density at radius 2 is 2.23 bits per heavy atom. The van der Waals surface area contributed by atoms with Gasteiger partial charge in [0.15, 0.2) is 0 Å². The molecule has 2 nitrogen and oxygen atoms in total. The second-order valence-electron chi connectivity index (χ2n) is 3.09. The fraction of sp³-hybridized carbons (Fsp3) is 0.200. The van der Waals surface area contributed by atoms with Gasteiger partial charge >= 0.3 is 0 Å². The number of fused-ring (bicyclic) bond motifs is 1. The third kappa shape index (κ3) is 1.20. The van der Waals surface area contributed by atoms with Gasteiger partial charge in [0, 0.05) is 24.4 Å². The fourth-order valence-corrected chi connectivity index (χ4v) is 1.88. The van der Waals surface area contributed by atoms with Crippen molar-refractivity contribution < 1.29 is 5.11 Å². The fourth-order valence-electron chi connectivity index (χ4n) is 1.64. The van der Waals surface area contributed by atoms with Gasteiger partial charge in [0.2, 0.25) is 0 Å². The average Bonchev–Trinajstić information content (AvgIpc) is 2.45. The molecule has 0 radical (unpaired) electrons. The predicted molar refractivity (Wildman–Crippen MR) is 57.3 cm³/mol. The molecule has 2 rings (SSSR count). The van der Waals surface area contributed by atoms with Crippen molar-refractivity contribution in [2.75, 3.05) is 0 Å². The highest BCUT2D eigenvalue weighted by atomic mass is 32.1. The van der Waals surface area contributed by atoms with E-state index in [-0.39, 0.29) is 0 Å². The van der Waals surface area contributed by atoms with E-state index in [4.69, 9.17) is 0 Å². The van der Waals surface area contributed by atoms with E-state index in [1.54, 1.807) is 6.07 Å². The molecule has 13 heavy (non-hydrogen) atoms. The third-order valence-corrected chi connectivity index (χ3v) is 2.58. The van der Waals surface area contributed by atoms with Gasteiger partial charge in [-0.2, -0.15) is 12.6 Å². The second-order valence-corrected chi connectivity index (χ2v) is 3.41. The summed E-state index contributed by atoms with van der Waals surface area (Å²) in [6.07, 6.45) is 2.00. The average molecular weight is 193 g/mol. The number of aromatic hydroxyl groups is 1. The molecule has 0 bridgehead atoms. The molecule has 0 amide bonds. The molecule has 1 N–H and O–H groups in total. The summed E-state index contributed by atoms with van der Waals surface area (Å²) in [5, 5.41) is 10.6. The Morgan fingerprint density at radius 3 is 2.92 bits per heavy atom. The second kappa shape index (κ2) is 3.00. The molecular formula is C10H11NOS. The van der Waals surface area contributed by atoms with Crippen molar-refractivity contribution in [1.82, 2.24) is 4.57 Å². The molecule has 0 spiro atoms. The molecule has 1 aromatic heterocycles. The smallest absolute Gasteiger partial charge is 0.125 e. The van der Waals surface area contributed by atoms with Crippen molar-refractivity contribution in [1.29, 1.82) is 0 Å². The number of rotatable bonds is 1. The van der Waals surface area contributed by atoms with E-state index in [0.717, 1.165) is 16.5 Å². The van der Waals surface area contributed by atoms with E-state index >= 15 is 0 Å². The minimum absolute atomic E-state index is 0.335. The zero-order valence-corrected chi connectivity index (χ0v) is 8.25. The zero-order valence-electron chi connectivity index (χ0n) is 7.36. The standard InChI is InChI=1S/C10H11NOS/c1-11-5-7(6-13)10-8(11)3-2-4-9(10)12/h2-5,12-13H,6H2,1H3. The highest BCUT2D eigenvalue weighted by molar-refractivity contribution is 7.79. The molecule has 0 fully saturated rings. The minimum atomic E-state index is 0.335. The van der Waals surface area contributed by atoms with Gasteiger partial charge in [-0.1, -0.05) is 6.07 Å². The lowest BCUT2D eigenvalue weighted by Crippen LogP contribution is -1.82. The van der Waals surface area contributed by atoms with E-state index < -0.39 is 0 Å². The van der Waals surface area contributed by atoms with Crippen LogP contribution >= 0.6 is 12.6 Å². The van der Waals surface area contributed by atoms with Crippen LogP contribution in [0.3, 0.4) is 0 Å². The Kier molecular flexibility index (Phi) is 1.96. The van der Waals surface area contributed by atoms with Crippen molar-refractivity contribution in [2.24, 2.45) is 7.05 Å². The number of nitrogens with zero attached hydrogens (tertiary/aromatic N) is 1. The largest absolute Gasteiger partial charge is 0.507 e. The van der Waals surface area contributed by atoms with E-state index in [1.807, 2.05) is 29.9 Å². The lowest BCUT2D eigenvalue weighted by molar-refractivity contribution is 0.481. The molecule has 0 aliphatic heterocycles. The van der Waals surface area contributed by atoms with Gasteiger partial charge in [0.1, 0.15) is 5.75 Å². The maximum Gasteiger partial charge on any atom is 0.125 e. The summed E-state index contributed by atoms with van der Waals surface area (Å²) < 4.78 is 2.00. The Morgan fingerprint density at radius 1 is 1.46 bits per heavy atom. The molecule has 0 unspecified atom stereocenters. The molecule has 1 heterocycles. The number of thiol groups is 1. The first-order valence-corrected chi connectivity index (χ1v) is 4.74. The van der Waals surface area contributed by atoms with Gasteiger partial charge in [0.25, 0.3) is 0 Å². The third-order valence-electron chi connectivity index (χ3n) is 2.24. The normalized spacial score (nSPS) is 10.9. The van der Waals surface area contributed by atoms with Crippen molar-refractivity contribution >= 4 is 23.5 Å². The number of phenolic OH excluding ortho intramolecular Hbond substituents is 1. The van der Waals surface area contributed by atoms with Gasteiger partial charge in [-0.25, -0.2) is 0 Å². The SMILES string of the molecule is Cn1cc(CS)c2c(O)cccc21. The van der Waals surface area contributed by atoms with Crippen LogP contribution in [0, 0.1) is 0 Å². The molecule has 0 atom stereocenters. The number of phenols is 1. The quantitative estimate of drug-likeness (QED) is 0.668. The van der Waals surface area contributed by atoms with Gasteiger partial charge in [-0.15, -0.1) is 0 Å². The Labute approximate surface area is 82.2 Å². The van der Waals surface area contributed by atoms with Gasteiger partial charge < -0.3 is 9.67 Å². The lowest BCUT2D eigenvalue weighted by Gasteiger charge is -1.97. The van der Waals surface area contributed by atoms with Crippen molar-refractivity contribution in [3.8, 4) is 5.75 Å². The van der Waals surface area contributed by atoms with Crippen LogP contribution in [0.25, 0.3) is 10.9 Å². The van der Waals surface area contributed by atoms with E-state index in [2.05, 4.69) is 12.6 Å². The number of hydrogen-bond donors (Lipinski definition) is 2. The number of aromatic nitrogens is 1. The summed E-state index contributed by atoms with van der Waals surface area (Å²) in [5.74, 6) is 0.983. The summed E-state index contributed by atoms with van der Waals surface area (Å²) in [7, 11) is 1.97. The van der Waals surface area contributed by atoms with E-state index in [1.165, 1.54) is 0 Å². The van der Waals surface area contributed by atoms with Crippen molar-refractivity contribution in [2.45, 2.75) is 5.75 Å². The van der Waals surface area contributed by atoms with Crippen LogP contribution in [-0.4, -0.2) is 9.67 Å². The first-order chi connectivity index (χ1) is 6.24. The highest BCUT2D eigenvalue weighted by Crippen LogP contribution is 2.29. The summed E-state index contributed by atoms with van der Waals surface area (Å²) >= 11 is 4.22. The Balaban J connectivity index is 2.89. The van der Waals surface area contributed by atoms with Crippen LogP contribution in [0.5, 0.6) is 5.75 Å². The molecule has 0 aliphatic rings. The summed E-state index contributed by atoms with van der Waals surface area (Å²) in [6, 6.07) is 5.54. The van der Waals surface area contributed by atoms with Crippen LogP contribution in [0.15, 0.2) is 24.4 Å². The van der Waals surface area contributed by atoms with Crippen molar-refractivity contribution in [3.05, 3.63) is 30.0 Å². The highest BCUT2D eigenvalue weighted by Gasteiger charge is 2.08. The summed E-state index contributed by atoms with van der Waals surface area (Å²) in [6.45, 7) is 0. The van der Waals surface area contributed by atoms with Gasteiger partial charge in [-0.05, 0) is 17.7 Å². The van der Waals surface area contributed by atoms with Crippen molar-refractivity contribution in [3.63, 3.8) is 0 Å². The van der Waals surface area contributed by atoms with Crippen LogP contribution in [0.2, 0.25) is 0 Å². The molecule has 3 heteroatoms. The maximum absolute atomic E-state index is 9.65. The Bertz CT molecular complexity index is 447. The summed E-state index contributed by atoms with van der Waals surface area (Å²) in [4.78, 5) is 0. The van der Waals surface area contributed by atoms with E-state index in [9.17, 15) is 5.11 Å². The molecule has 0 saturated heterocycles. The first kappa shape index (κ1) is 8.51. The predicted octanol–water partition coefficient (Wildman–Crippen LogP) is 2.31. The molecule has 1 aromatic carbocycles. The van der Waals surface area contributed by atoms with Gasteiger partial charge in [0.05, 0.1) is 5.52 Å². The van der Waals surface area contributed by atoms with Crippen LogP contribution in [0.4, 0.5) is 0 Å². The first-order valence-electron chi connectivity index (χ1n) is 4.11. The van der Waals surface area contributed by atoms with Crippen LogP contribution in [-0.2, 0) is 12.8 Å². The molecule has 0 aliphatic carbocycles. The van der Waals surface area contributed by atoms with E-state index in [0.29, 0.717) is 11.5 Å². The molecule has 0 saturated carbocycles. The molecule has 68 valence electrons. The number of hydrogen-bond acceptors (Lipinski definition) is 2. The zero-order chi connectivity index (χ0) is 9.42. The van der Waals surface area contributed by atoms with Crippen LogP contribution in [0.1, 0.15) is 5.56 Å². The van der Waals surface area contributed by atoms with Gasteiger partial charge in [-0.3, -0.25) is 0 Å². The molecule has 2 aromatic rings. The lowest BCUT2D eigenvalue weighted by atomic mass is 10.2. The number of benzene rings is 1. The van der Waals surface area contributed by atoms with Crippen LogP contribution < -0.4 is 0 Å². The number of aryl methyl sites for hydroxylation is 1. The molecular weight excluding hydrogens is 182 g/mol. The topological polar surface area (TPSA) is 25.2 Å². The maximum atomic E-state index is 9.65. The minimum Gasteiger partial charge on any atom is -0.507 e. The monoisotopic (exact) mass is 193 g/mol. The Hall–Kier alpha value is -1.09.